The van der Waals surface area contributed by atoms with E-state index < -0.39 is 16.1 Å². The Balaban J connectivity index is 1.62. The van der Waals surface area contributed by atoms with E-state index in [9.17, 15) is 18.0 Å². The van der Waals surface area contributed by atoms with Gasteiger partial charge in [0, 0.05) is 29.4 Å². The van der Waals surface area contributed by atoms with E-state index in [1.807, 2.05) is 51.1 Å². The highest BCUT2D eigenvalue weighted by molar-refractivity contribution is 7.89. The molecule has 1 atom stereocenters. The zero-order valence-electron chi connectivity index (χ0n) is 22.4. The molecule has 0 aliphatic heterocycles. The molecule has 0 aliphatic carbocycles. The van der Waals surface area contributed by atoms with Gasteiger partial charge in [-0.15, -0.1) is 11.3 Å². The standard InChI is InChI=1S/C28H35Cl2N3O4S2/c1-4-5-14-33(39(36,37)26-12-11-21(29)18-22(26)30)15-8-13-31-27(34)23(16-19(2)3)32-28(35)25-17-20-9-6-7-10-24(20)38-25/h6-7,9-12,17-19,23H,4-5,8,13-16H2,1-3H3,(H,31,34)(H,32,35)/t23-/m0/s1. The van der Waals surface area contributed by atoms with Crippen molar-refractivity contribution < 1.29 is 18.0 Å². The molecule has 7 nitrogen and oxygen atoms in total. The van der Waals surface area contributed by atoms with Gasteiger partial charge in [-0.1, -0.05) is 68.6 Å². The molecule has 0 saturated heterocycles. The second-order valence-corrected chi connectivity index (χ2v) is 13.6. The molecule has 3 aromatic rings. The number of fused-ring (bicyclic) bond motifs is 1. The molecule has 39 heavy (non-hydrogen) atoms. The molecule has 2 aromatic carbocycles. The number of nitrogens with one attached hydrogen (secondary N) is 2. The van der Waals surface area contributed by atoms with Gasteiger partial charge in [0.2, 0.25) is 15.9 Å². The summed E-state index contributed by atoms with van der Waals surface area (Å²) in [7, 11) is -3.84. The van der Waals surface area contributed by atoms with Crippen LogP contribution in [0.25, 0.3) is 10.1 Å². The molecule has 2 amide bonds. The Labute approximate surface area is 244 Å². The van der Waals surface area contributed by atoms with Crippen molar-refractivity contribution in [3.05, 3.63) is 63.5 Å². The summed E-state index contributed by atoms with van der Waals surface area (Å²) in [6.07, 6.45) is 2.40. The topological polar surface area (TPSA) is 95.6 Å². The average Bonchev–Trinajstić information content (AvgIpc) is 3.31. The maximum absolute atomic E-state index is 13.3. The molecule has 1 aromatic heterocycles. The first-order valence-corrected chi connectivity index (χ1v) is 16.1. The van der Waals surface area contributed by atoms with Crippen molar-refractivity contribution in [2.75, 3.05) is 19.6 Å². The number of halogens is 2. The minimum Gasteiger partial charge on any atom is -0.354 e. The highest BCUT2D eigenvalue weighted by atomic mass is 35.5. The normalized spacial score (nSPS) is 12.7. The van der Waals surface area contributed by atoms with Crippen LogP contribution in [0.1, 0.15) is 56.1 Å². The minimum atomic E-state index is -3.84. The van der Waals surface area contributed by atoms with Crippen molar-refractivity contribution in [1.82, 2.24) is 14.9 Å². The molecule has 0 saturated carbocycles. The van der Waals surface area contributed by atoms with Crippen LogP contribution in [-0.4, -0.2) is 50.2 Å². The van der Waals surface area contributed by atoms with E-state index in [-0.39, 0.29) is 40.7 Å². The number of hydrogen-bond acceptors (Lipinski definition) is 5. The van der Waals surface area contributed by atoms with Gasteiger partial charge in [-0.25, -0.2) is 8.42 Å². The van der Waals surface area contributed by atoms with Crippen LogP contribution in [-0.2, 0) is 14.8 Å². The molecule has 1 heterocycles. The summed E-state index contributed by atoms with van der Waals surface area (Å²) >= 11 is 13.5. The second kappa shape index (κ2) is 14.5. The van der Waals surface area contributed by atoms with Crippen molar-refractivity contribution >= 4 is 66.5 Å². The fourth-order valence-electron chi connectivity index (χ4n) is 4.13. The summed E-state index contributed by atoms with van der Waals surface area (Å²) in [5.41, 5.74) is 0. The number of carbonyl (C=O) groups excluding carboxylic acids is 2. The summed E-state index contributed by atoms with van der Waals surface area (Å²) in [6, 6.07) is 13.2. The van der Waals surface area contributed by atoms with E-state index in [1.54, 1.807) is 0 Å². The minimum absolute atomic E-state index is 0.00894. The van der Waals surface area contributed by atoms with Crippen LogP contribution in [0.5, 0.6) is 0 Å². The summed E-state index contributed by atoms with van der Waals surface area (Å²) in [5, 5.41) is 7.18. The summed E-state index contributed by atoms with van der Waals surface area (Å²) in [4.78, 5) is 26.6. The van der Waals surface area contributed by atoms with E-state index >= 15 is 0 Å². The van der Waals surface area contributed by atoms with Gasteiger partial charge in [-0.2, -0.15) is 4.31 Å². The fraction of sp³-hybridized carbons (Fsp3) is 0.429. The third kappa shape index (κ3) is 8.66. The Kier molecular flexibility index (Phi) is 11.6. The van der Waals surface area contributed by atoms with Crippen LogP contribution in [0.3, 0.4) is 0 Å². The molecule has 0 bridgehead atoms. The summed E-state index contributed by atoms with van der Waals surface area (Å²) in [5.74, 6) is -0.391. The first kappa shape index (κ1) is 31.4. The SMILES string of the molecule is CCCCN(CCCNC(=O)[C@H](CC(C)C)NC(=O)c1cc2ccccc2s1)S(=O)(=O)c1ccc(Cl)cc1Cl. The molecular formula is C28H35Cl2N3O4S2. The van der Waals surface area contributed by atoms with Crippen molar-refractivity contribution in [3.63, 3.8) is 0 Å². The molecule has 3 rings (SSSR count). The quantitative estimate of drug-likeness (QED) is 0.208. The van der Waals surface area contributed by atoms with Crippen molar-refractivity contribution in [2.24, 2.45) is 5.92 Å². The predicted octanol–water partition coefficient (Wildman–Crippen LogP) is 6.35. The van der Waals surface area contributed by atoms with Crippen molar-refractivity contribution in [3.8, 4) is 0 Å². The maximum Gasteiger partial charge on any atom is 0.262 e. The third-order valence-corrected chi connectivity index (χ3v) is 9.87. The van der Waals surface area contributed by atoms with Gasteiger partial charge in [0.05, 0.1) is 9.90 Å². The van der Waals surface area contributed by atoms with Crippen molar-refractivity contribution in [2.45, 2.75) is 57.4 Å². The van der Waals surface area contributed by atoms with Gasteiger partial charge in [-0.3, -0.25) is 9.59 Å². The van der Waals surface area contributed by atoms with Gasteiger partial charge in [0.15, 0.2) is 0 Å². The number of sulfonamides is 1. The van der Waals surface area contributed by atoms with E-state index in [1.165, 1.54) is 33.8 Å². The maximum atomic E-state index is 13.3. The third-order valence-electron chi connectivity index (χ3n) is 6.13. The first-order valence-electron chi connectivity index (χ1n) is 13.0. The molecule has 0 aliphatic rings. The van der Waals surface area contributed by atoms with E-state index in [0.717, 1.165) is 16.5 Å². The largest absolute Gasteiger partial charge is 0.354 e. The van der Waals surface area contributed by atoms with Crippen LogP contribution in [0, 0.1) is 5.92 Å². The number of rotatable bonds is 14. The van der Waals surface area contributed by atoms with Crippen LogP contribution >= 0.6 is 34.5 Å². The van der Waals surface area contributed by atoms with Crippen LogP contribution in [0.4, 0.5) is 0 Å². The number of amides is 2. The Hall–Kier alpha value is -2.17. The zero-order valence-corrected chi connectivity index (χ0v) is 25.5. The van der Waals surface area contributed by atoms with Gasteiger partial charge in [-0.05, 0) is 60.9 Å². The van der Waals surface area contributed by atoms with E-state index in [0.29, 0.717) is 35.7 Å². The van der Waals surface area contributed by atoms with Crippen LogP contribution < -0.4 is 10.6 Å². The van der Waals surface area contributed by atoms with Crippen LogP contribution in [0.2, 0.25) is 10.0 Å². The predicted molar refractivity (Wildman–Crippen MR) is 160 cm³/mol. The number of nitrogens with zero attached hydrogens (tertiary/aromatic N) is 1. The Morgan fingerprint density at radius 3 is 2.41 bits per heavy atom. The average molecular weight is 613 g/mol. The number of carbonyl (C=O) groups is 2. The molecule has 0 unspecified atom stereocenters. The number of unbranched alkanes of at least 4 members (excludes halogenated alkanes) is 1. The molecule has 0 spiro atoms. The van der Waals surface area contributed by atoms with Crippen LogP contribution in [0.15, 0.2) is 53.4 Å². The molecular weight excluding hydrogens is 577 g/mol. The van der Waals surface area contributed by atoms with Gasteiger partial charge in [0.1, 0.15) is 10.9 Å². The number of hydrogen-bond donors (Lipinski definition) is 2. The summed E-state index contributed by atoms with van der Waals surface area (Å²) in [6.45, 7) is 6.78. The highest BCUT2D eigenvalue weighted by Crippen LogP contribution is 2.28. The molecule has 2 N–H and O–H groups in total. The van der Waals surface area contributed by atoms with Gasteiger partial charge in [0.25, 0.3) is 5.91 Å². The monoisotopic (exact) mass is 611 g/mol. The highest BCUT2D eigenvalue weighted by Gasteiger charge is 2.27. The lowest BCUT2D eigenvalue weighted by atomic mass is 10.0. The van der Waals surface area contributed by atoms with Gasteiger partial charge < -0.3 is 10.6 Å². The second-order valence-electron chi connectivity index (χ2n) is 9.78. The lowest BCUT2D eigenvalue weighted by molar-refractivity contribution is -0.123. The Morgan fingerprint density at radius 2 is 1.74 bits per heavy atom. The lowest BCUT2D eigenvalue weighted by Crippen LogP contribution is -2.47. The lowest BCUT2D eigenvalue weighted by Gasteiger charge is -2.23. The molecule has 212 valence electrons. The van der Waals surface area contributed by atoms with Gasteiger partial charge >= 0.3 is 0 Å². The number of thiophene rings is 1. The smallest absolute Gasteiger partial charge is 0.262 e. The molecule has 11 heteroatoms. The molecule has 0 radical (unpaired) electrons. The van der Waals surface area contributed by atoms with E-state index in [4.69, 9.17) is 23.2 Å². The van der Waals surface area contributed by atoms with Crippen molar-refractivity contribution in [1.29, 1.82) is 0 Å². The fourth-order valence-corrected chi connectivity index (χ4v) is 7.36. The summed E-state index contributed by atoms with van der Waals surface area (Å²) < 4.78 is 29.0. The Morgan fingerprint density at radius 1 is 1.03 bits per heavy atom. The first-order chi connectivity index (χ1) is 18.5. The zero-order chi connectivity index (χ0) is 28.6. The number of benzene rings is 2. The Bertz CT molecular complexity index is 1360. The molecule has 0 fully saturated rings. The van der Waals surface area contributed by atoms with E-state index in [2.05, 4.69) is 10.6 Å².